The van der Waals surface area contributed by atoms with E-state index in [0.29, 0.717) is 22.8 Å². The molecule has 0 atom stereocenters. The molecule has 0 aliphatic heterocycles. The summed E-state index contributed by atoms with van der Waals surface area (Å²) in [5.74, 6) is 0.414. The van der Waals surface area contributed by atoms with Crippen LogP contribution in [0.3, 0.4) is 0 Å². The first-order valence-electron chi connectivity index (χ1n) is 11.5. The Morgan fingerprint density at radius 2 is 1.39 bits per heavy atom. The van der Waals surface area contributed by atoms with Crippen molar-refractivity contribution in [3.8, 4) is 11.5 Å². The zero-order valence-electron chi connectivity index (χ0n) is 20.7. The molecule has 0 radical (unpaired) electrons. The summed E-state index contributed by atoms with van der Waals surface area (Å²) in [7, 11) is 3.20. The molecule has 36 heavy (non-hydrogen) atoms. The zero-order valence-corrected chi connectivity index (χ0v) is 20.7. The number of benzene rings is 3. The van der Waals surface area contributed by atoms with Crippen molar-refractivity contribution >= 4 is 22.8 Å². The molecule has 0 saturated heterocycles. The maximum Gasteiger partial charge on any atom is 0.340 e. The smallest absolute Gasteiger partial charge is 0.340 e. The van der Waals surface area contributed by atoms with Crippen molar-refractivity contribution in [1.82, 2.24) is 10.3 Å². The number of pyridine rings is 1. The number of nitrogens with zero attached hydrogens (tertiary/aromatic N) is 1. The highest BCUT2D eigenvalue weighted by Gasteiger charge is 2.21. The molecule has 3 aromatic carbocycles. The Bertz CT molecular complexity index is 1330. The van der Waals surface area contributed by atoms with Crippen LogP contribution in [0.15, 0.2) is 72.8 Å². The average Bonchev–Trinajstić information content (AvgIpc) is 2.91. The summed E-state index contributed by atoms with van der Waals surface area (Å²) in [6, 6.07) is 22.0. The number of carbonyl (C=O) groups is 2. The van der Waals surface area contributed by atoms with E-state index in [9.17, 15) is 9.59 Å². The van der Waals surface area contributed by atoms with E-state index in [2.05, 4.69) is 10.3 Å². The van der Waals surface area contributed by atoms with Gasteiger partial charge in [0.2, 0.25) is 0 Å². The summed E-state index contributed by atoms with van der Waals surface area (Å²) >= 11 is 0. The largest absolute Gasteiger partial charge is 0.497 e. The first-order chi connectivity index (χ1) is 17.4. The van der Waals surface area contributed by atoms with E-state index < -0.39 is 24.5 Å². The fourth-order valence-electron chi connectivity index (χ4n) is 4.19. The molecule has 0 unspecified atom stereocenters. The van der Waals surface area contributed by atoms with Gasteiger partial charge in [-0.25, -0.2) is 4.79 Å². The lowest BCUT2D eigenvalue weighted by atomic mass is 9.98. The number of fused-ring (bicyclic) bond motifs is 1. The molecule has 1 amide bonds. The van der Waals surface area contributed by atoms with Crippen LogP contribution in [0.1, 0.15) is 38.8 Å². The van der Waals surface area contributed by atoms with Crippen LogP contribution in [0.25, 0.3) is 10.9 Å². The Balaban J connectivity index is 1.52. The maximum absolute atomic E-state index is 12.9. The van der Waals surface area contributed by atoms with E-state index in [4.69, 9.17) is 14.2 Å². The van der Waals surface area contributed by atoms with E-state index in [0.717, 1.165) is 27.6 Å². The Hall–Kier alpha value is -4.39. The number of aryl methyl sites for hydroxylation is 2. The monoisotopic (exact) mass is 484 g/mol. The molecule has 0 aliphatic rings. The lowest BCUT2D eigenvalue weighted by Crippen LogP contribution is -2.33. The van der Waals surface area contributed by atoms with Gasteiger partial charge in [0.05, 0.1) is 37.0 Å². The van der Waals surface area contributed by atoms with Gasteiger partial charge in [-0.15, -0.1) is 0 Å². The number of para-hydroxylation sites is 1. The molecule has 7 heteroatoms. The number of aromatic nitrogens is 1. The first kappa shape index (κ1) is 24.7. The molecule has 7 nitrogen and oxygen atoms in total. The predicted octanol–water partition coefficient (Wildman–Crippen LogP) is 4.93. The molecule has 0 spiro atoms. The third-order valence-corrected chi connectivity index (χ3v) is 6.08. The highest BCUT2D eigenvalue weighted by molar-refractivity contribution is 5.99. The third kappa shape index (κ3) is 5.30. The van der Waals surface area contributed by atoms with Crippen LogP contribution < -0.4 is 14.8 Å². The van der Waals surface area contributed by atoms with E-state index in [-0.39, 0.29) is 0 Å². The minimum absolute atomic E-state index is 0.378. The van der Waals surface area contributed by atoms with Gasteiger partial charge in [-0.1, -0.05) is 42.5 Å². The van der Waals surface area contributed by atoms with Gasteiger partial charge >= 0.3 is 5.97 Å². The Labute approximate surface area is 210 Å². The summed E-state index contributed by atoms with van der Waals surface area (Å²) < 4.78 is 15.9. The van der Waals surface area contributed by atoms with Gasteiger partial charge in [0.1, 0.15) is 11.5 Å². The first-order valence-corrected chi connectivity index (χ1v) is 11.5. The number of amides is 1. The standard InChI is InChI=1S/C29H28N2O5/c1-18-24-7-5-6-8-25(24)30-19(2)27(18)29(33)36-17-26(32)31-28(20-9-13-22(34-3)14-10-20)21-11-15-23(35-4)16-12-21/h5-16,28H,17H2,1-4H3,(H,31,32). The molecular weight excluding hydrogens is 456 g/mol. The summed E-state index contributed by atoms with van der Waals surface area (Å²) in [5.41, 5.74) is 4.23. The van der Waals surface area contributed by atoms with Gasteiger partial charge in [0.25, 0.3) is 5.91 Å². The van der Waals surface area contributed by atoms with Crippen molar-refractivity contribution in [2.24, 2.45) is 0 Å². The zero-order chi connectivity index (χ0) is 25.7. The van der Waals surface area contributed by atoms with Gasteiger partial charge in [0.15, 0.2) is 6.61 Å². The molecule has 4 rings (SSSR count). The van der Waals surface area contributed by atoms with Gasteiger partial charge in [0, 0.05) is 5.39 Å². The summed E-state index contributed by atoms with van der Waals surface area (Å²) in [4.78, 5) is 30.4. The molecule has 1 aromatic heterocycles. The van der Waals surface area contributed by atoms with E-state index in [1.807, 2.05) is 79.7 Å². The topological polar surface area (TPSA) is 86.8 Å². The molecule has 1 heterocycles. The normalized spacial score (nSPS) is 10.8. The van der Waals surface area contributed by atoms with Crippen LogP contribution in [0.2, 0.25) is 0 Å². The second-order valence-electron chi connectivity index (χ2n) is 8.34. The van der Waals surface area contributed by atoms with Crippen LogP contribution in [0.5, 0.6) is 11.5 Å². The molecular formula is C29H28N2O5. The second-order valence-corrected chi connectivity index (χ2v) is 8.34. The quantitative estimate of drug-likeness (QED) is 0.357. The van der Waals surface area contributed by atoms with E-state index in [1.54, 1.807) is 21.1 Å². The minimum atomic E-state index is -0.580. The van der Waals surface area contributed by atoms with Gasteiger partial charge in [-0.2, -0.15) is 0 Å². The van der Waals surface area contributed by atoms with Crippen LogP contribution in [-0.4, -0.2) is 37.7 Å². The Kier molecular flexibility index (Phi) is 7.49. The van der Waals surface area contributed by atoms with Crippen molar-refractivity contribution in [3.05, 3.63) is 101 Å². The van der Waals surface area contributed by atoms with Gasteiger partial charge < -0.3 is 19.5 Å². The number of carbonyl (C=O) groups excluding carboxylic acids is 2. The number of ether oxygens (including phenoxy) is 3. The van der Waals surface area contributed by atoms with Gasteiger partial charge in [-0.3, -0.25) is 9.78 Å². The summed E-state index contributed by atoms with van der Waals surface area (Å²) in [6.07, 6.45) is 0. The number of hydrogen-bond acceptors (Lipinski definition) is 6. The third-order valence-electron chi connectivity index (χ3n) is 6.08. The van der Waals surface area contributed by atoms with Crippen molar-refractivity contribution < 1.29 is 23.8 Å². The molecule has 1 N–H and O–H groups in total. The lowest BCUT2D eigenvalue weighted by Gasteiger charge is -2.20. The van der Waals surface area contributed by atoms with Crippen molar-refractivity contribution in [2.45, 2.75) is 19.9 Å². The minimum Gasteiger partial charge on any atom is -0.497 e. The summed E-state index contributed by atoms with van der Waals surface area (Å²) in [6.45, 7) is 3.20. The Morgan fingerprint density at radius 3 is 1.94 bits per heavy atom. The molecule has 0 fully saturated rings. The molecule has 4 aromatic rings. The van der Waals surface area contributed by atoms with Crippen molar-refractivity contribution in [1.29, 1.82) is 0 Å². The molecule has 0 bridgehead atoms. The number of esters is 1. The molecule has 0 saturated carbocycles. The molecule has 184 valence electrons. The van der Waals surface area contributed by atoms with Crippen LogP contribution in [0.4, 0.5) is 0 Å². The average molecular weight is 485 g/mol. The maximum atomic E-state index is 12.9. The van der Waals surface area contributed by atoms with E-state index in [1.165, 1.54) is 0 Å². The highest BCUT2D eigenvalue weighted by Crippen LogP contribution is 2.26. The van der Waals surface area contributed by atoms with Crippen LogP contribution in [-0.2, 0) is 9.53 Å². The second kappa shape index (κ2) is 10.9. The number of methoxy groups -OCH3 is 2. The number of nitrogens with one attached hydrogen (secondary N) is 1. The molecule has 0 aliphatic carbocycles. The van der Waals surface area contributed by atoms with Crippen LogP contribution in [0, 0.1) is 13.8 Å². The van der Waals surface area contributed by atoms with Crippen molar-refractivity contribution in [3.63, 3.8) is 0 Å². The predicted molar refractivity (Wildman–Crippen MR) is 137 cm³/mol. The fraction of sp³-hybridized carbons (Fsp3) is 0.207. The Morgan fingerprint density at radius 1 is 0.833 bits per heavy atom. The van der Waals surface area contributed by atoms with Gasteiger partial charge in [-0.05, 0) is 60.9 Å². The fourth-order valence-corrected chi connectivity index (χ4v) is 4.19. The highest BCUT2D eigenvalue weighted by atomic mass is 16.5. The summed E-state index contributed by atoms with van der Waals surface area (Å²) in [5, 5.41) is 3.85. The number of rotatable bonds is 8. The van der Waals surface area contributed by atoms with Crippen molar-refractivity contribution in [2.75, 3.05) is 20.8 Å². The van der Waals surface area contributed by atoms with E-state index >= 15 is 0 Å². The van der Waals surface area contributed by atoms with Crippen LogP contribution >= 0.6 is 0 Å². The SMILES string of the molecule is COc1ccc(C(NC(=O)COC(=O)c2c(C)nc3ccccc3c2C)c2ccc(OC)cc2)cc1. The number of hydrogen-bond donors (Lipinski definition) is 1. The lowest BCUT2D eigenvalue weighted by molar-refractivity contribution is -0.124.